The zero-order valence-electron chi connectivity index (χ0n) is 16.3. The topological polar surface area (TPSA) is 66.9 Å². The van der Waals surface area contributed by atoms with Crippen LogP contribution in [0.2, 0.25) is 5.15 Å². The van der Waals surface area contributed by atoms with Crippen molar-refractivity contribution in [2.75, 3.05) is 45.7 Å². The van der Waals surface area contributed by atoms with Gasteiger partial charge in [-0.05, 0) is 52.9 Å². The Labute approximate surface area is 166 Å². The van der Waals surface area contributed by atoms with E-state index in [-0.39, 0.29) is 11.1 Å². The molecule has 1 N–H and O–H groups in total. The number of likely N-dealkylation sites (tertiary alicyclic amines) is 2. The summed E-state index contributed by atoms with van der Waals surface area (Å²) in [6.07, 6.45) is 4.58. The van der Waals surface area contributed by atoms with E-state index < -0.39 is 0 Å². The van der Waals surface area contributed by atoms with Crippen molar-refractivity contribution >= 4 is 23.2 Å². The van der Waals surface area contributed by atoms with Gasteiger partial charge in [0.1, 0.15) is 13.2 Å². The monoisotopic (exact) mass is 396 g/mol. The third-order valence-electron chi connectivity index (χ3n) is 5.41. The van der Waals surface area contributed by atoms with Crippen LogP contribution in [0, 0.1) is 0 Å². The average Bonchev–Trinajstić information content (AvgIpc) is 3.21. The quantitative estimate of drug-likeness (QED) is 0.715. The molecule has 0 radical (unpaired) electrons. The maximum Gasteiger partial charge on any atom is 0.258 e. The molecule has 0 unspecified atom stereocenters. The molecular formula is C19H29ClN4O3. The number of carbonyl (C=O) groups excluding carboxylic acids is 1. The fourth-order valence-electron chi connectivity index (χ4n) is 3.68. The molecule has 1 aromatic heterocycles. The van der Waals surface area contributed by atoms with Gasteiger partial charge in [-0.15, -0.1) is 0 Å². The number of likely N-dealkylation sites (N-methyl/N-ethyl adjacent to an activating group) is 2. The van der Waals surface area contributed by atoms with Crippen LogP contribution >= 0.6 is 11.6 Å². The summed E-state index contributed by atoms with van der Waals surface area (Å²) in [5.41, 5.74) is 0.435. The lowest BCUT2D eigenvalue weighted by atomic mass is 10.2. The van der Waals surface area contributed by atoms with Crippen molar-refractivity contribution in [3.63, 3.8) is 0 Å². The summed E-state index contributed by atoms with van der Waals surface area (Å²) in [4.78, 5) is 20.4. The summed E-state index contributed by atoms with van der Waals surface area (Å²) in [5.74, 6) is 0.695. The number of carbonyl (C=O) groups is 1. The van der Waals surface area contributed by atoms with Crippen LogP contribution in [0.5, 0.6) is 11.6 Å². The van der Waals surface area contributed by atoms with Crippen molar-refractivity contribution in [3.05, 3.63) is 11.2 Å². The molecule has 0 aliphatic carbocycles. The second-order valence-electron chi connectivity index (χ2n) is 7.49. The highest BCUT2D eigenvalue weighted by molar-refractivity contribution is 6.32. The first-order valence-corrected chi connectivity index (χ1v) is 9.96. The first-order valence-electron chi connectivity index (χ1n) is 9.58. The number of hydrogen-bond donors (Lipinski definition) is 1. The minimum Gasteiger partial charge on any atom is -0.486 e. The fraction of sp³-hybridized carbons (Fsp3) is 0.684. The highest BCUT2D eigenvalue weighted by atomic mass is 35.5. The Balaban J connectivity index is 1.74. The third-order valence-corrected chi connectivity index (χ3v) is 5.69. The Morgan fingerprint density at radius 1 is 1.19 bits per heavy atom. The van der Waals surface area contributed by atoms with Crippen LogP contribution in [0.4, 0.5) is 5.69 Å². The van der Waals surface area contributed by atoms with Crippen molar-refractivity contribution in [1.82, 2.24) is 14.8 Å². The molecular weight excluding hydrogens is 368 g/mol. The molecule has 2 saturated heterocycles. The Kier molecular flexibility index (Phi) is 6.78. The molecule has 0 aromatic carbocycles. The minimum atomic E-state index is -0.207. The van der Waals surface area contributed by atoms with Gasteiger partial charge in [0.25, 0.3) is 5.88 Å². The highest BCUT2D eigenvalue weighted by Gasteiger charge is 2.25. The van der Waals surface area contributed by atoms with Gasteiger partial charge in [-0.3, -0.25) is 4.79 Å². The van der Waals surface area contributed by atoms with Gasteiger partial charge in [-0.1, -0.05) is 11.6 Å². The maximum absolute atomic E-state index is 11.4. The number of rotatable bonds is 7. The van der Waals surface area contributed by atoms with Gasteiger partial charge in [0, 0.05) is 25.1 Å². The molecule has 0 saturated carbocycles. The molecule has 2 aliphatic rings. The summed E-state index contributed by atoms with van der Waals surface area (Å²) in [5, 5.41) is 2.89. The van der Waals surface area contributed by atoms with E-state index in [0.717, 1.165) is 25.9 Å². The van der Waals surface area contributed by atoms with Crippen LogP contribution in [0.3, 0.4) is 0 Å². The molecule has 2 atom stereocenters. The zero-order chi connectivity index (χ0) is 19.4. The van der Waals surface area contributed by atoms with E-state index in [1.54, 1.807) is 6.07 Å². The van der Waals surface area contributed by atoms with Crippen LogP contribution in [-0.2, 0) is 4.79 Å². The number of amides is 1. The van der Waals surface area contributed by atoms with E-state index in [1.807, 2.05) is 0 Å². The summed E-state index contributed by atoms with van der Waals surface area (Å²) in [6, 6.07) is 2.45. The fourth-order valence-corrected chi connectivity index (χ4v) is 3.86. The zero-order valence-corrected chi connectivity index (χ0v) is 17.1. The number of aromatic nitrogens is 1. The average molecular weight is 397 g/mol. The van der Waals surface area contributed by atoms with Gasteiger partial charge < -0.3 is 24.6 Å². The van der Waals surface area contributed by atoms with Crippen molar-refractivity contribution in [2.45, 2.75) is 44.7 Å². The standard InChI is InChI=1S/C19H29ClN4O3/c1-13(25)21-16-10-17(26-11-14-6-4-8-23(14)2)19(22-18(16)20)27-12-15-7-5-9-24(15)3/h10,14-15H,4-9,11-12H2,1-3H3,(H,21,25)/t14-,15-/m0/s1. The molecule has 8 heteroatoms. The van der Waals surface area contributed by atoms with Crippen LogP contribution < -0.4 is 14.8 Å². The molecule has 3 heterocycles. The van der Waals surface area contributed by atoms with Crippen molar-refractivity contribution in [3.8, 4) is 11.6 Å². The van der Waals surface area contributed by atoms with E-state index in [1.165, 1.54) is 19.8 Å². The largest absolute Gasteiger partial charge is 0.486 e. The highest BCUT2D eigenvalue weighted by Crippen LogP contribution is 2.34. The van der Waals surface area contributed by atoms with Gasteiger partial charge in [-0.25, -0.2) is 0 Å². The van der Waals surface area contributed by atoms with Gasteiger partial charge in [0.2, 0.25) is 5.91 Å². The first kappa shape index (κ1) is 20.2. The second-order valence-corrected chi connectivity index (χ2v) is 7.84. The van der Waals surface area contributed by atoms with Crippen LogP contribution in [0.15, 0.2) is 6.07 Å². The predicted octanol–water partition coefficient (Wildman–Crippen LogP) is 2.64. The Morgan fingerprint density at radius 3 is 2.30 bits per heavy atom. The summed E-state index contributed by atoms with van der Waals surface area (Å²) in [7, 11) is 4.21. The Bertz CT molecular complexity index is 673. The van der Waals surface area contributed by atoms with Gasteiger partial charge in [-0.2, -0.15) is 4.98 Å². The van der Waals surface area contributed by atoms with E-state index in [9.17, 15) is 4.79 Å². The molecule has 0 spiro atoms. The molecule has 3 rings (SSSR count). The Morgan fingerprint density at radius 2 is 1.78 bits per heavy atom. The molecule has 1 amide bonds. The van der Waals surface area contributed by atoms with Crippen LogP contribution in [0.25, 0.3) is 0 Å². The summed E-state index contributed by atoms with van der Waals surface area (Å²) < 4.78 is 12.0. The molecule has 7 nitrogen and oxygen atoms in total. The number of nitrogens with zero attached hydrogens (tertiary/aromatic N) is 3. The van der Waals surface area contributed by atoms with Crippen molar-refractivity contribution < 1.29 is 14.3 Å². The normalized spacial score (nSPS) is 23.6. The van der Waals surface area contributed by atoms with Gasteiger partial charge >= 0.3 is 0 Å². The van der Waals surface area contributed by atoms with E-state index in [0.29, 0.717) is 42.6 Å². The molecule has 0 bridgehead atoms. The number of halogens is 1. The summed E-state index contributed by atoms with van der Waals surface area (Å²) >= 11 is 6.24. The third kappa shape index (κ3) is 5.24. The molecule has 1 aromatic rings. The van der Waals surface area contributed by atoms with Gasteiger partial charge in [0.15, 0.2) is 10.9 Å². The van der Waals surface area contributed by atoms with E-state index in [2.05, 4.69) is 34.2 Å². The second kappa shape index (κ2) is 9.08. The van der Waals surface area contributed by atoms with E-state index in [4.69, 9.17) is 21.1 Å². The smallest absolute Gasteiger partial charge is 0.258 e. The van der Waals surface area contributed by atoms with Crippen LogP contribution in [0.1, 0.15) is 32.6 Å². The lowest BCUT2D eigenvalue weighted by Crippen LogP contribution is -2.31. The number of ether oxygens (including phenoxy) is 2. The van der Waals surface area contributed by atoms with Crippen molar-refractivity contribution in [2.24, 2.45) is 0 Å². The number of hydrogen-bond acceptors (Lipinski definition) is 6. The lowest BCUT2D eigenvalue weighted by molar-refractivity contribution is -0.114. The molecule has 2 aliphatic heterocycles. The Hall–Kier alpha value is -1.57. The first-order chi connectivity index (χ1) is 12.9. The van der Waals surface area contributed by atoms with Gasteiger partial charge in [0.05, 0.1) is 5.69 Å². The molecule has 27 heavy (non-hydrogen) atoms. The number of nitrogens with one attached hydrogen (secondary N) is 1. The van der Waals surface area contributed by atoms with Crippen molar-refractivity contribution in [1.29, 1.82) is 0 Å². The maximum atomic E-state index is 11.4. The summed E-state index contributed by atoms with van der Waals surface area (Å²) in [6.45, 7) is 4.70. The molecule has 2 fully saturated rings. The SMILES string of the molecule is CC(=O)Nc1cc(OC[C@@H]2CCCN2C)c(OC[C@@H]2CCCN2C)nc1Cl. The number of anilines is 1. The number of pyridine rings is 1. The predicted molar refractivity (Wildman–Crippen MR) is 106 cm³/mol. The molecule has 150 valence electrons. The minimum absolute atomic E-state index is 0.199. The van der Waals surface area contributed by atoms with E-state index >= 15 is 0 Å². The lowest BCUT2D eigenvalue weighted by Gasteiger charge is -2.22. The van der Waals surface area contributed by atoms with Crippen LogP contribution in [-0.4, -0.2) is 73.2 Å².